The van der Waals surface area contributed by atoms with E-state index in [1.54, 1.807) is 4.90 Å². The molecule has 0 saturated carbocycles. The summed E-state index contributed by atoms with van der Waals surface area (Å²) >= 11 is 0. The van der Waals surface area contributed by atoms with Crippen LogP contribution >= 0.6 is 0 Å². The van der Waals surface area contributed by atoms with E-state index in [1.807, 2.05) is 13.8 Å². The molecule has 1 saturated heterocycles. The first-order valence-electron chi connectivity index (χ1n) is 7.93. The first-order valence-corrected chi connectivity index (χ1v) is 7.93. The smallest absolute Gasteiger partial charge is 0.243 e. The Hall–Kier alpha value is -1.59. The van der Waals surface area contributed by atoms with E-state index < -0.39 is 6.04 Å². The Balaban J connectivity index is 2.33. The van der Waals surface area contributed by atoms with E-state index in [0.29, 0.717) is 12.8 Å². The molecule has 1 aliphatic heterocycles. The van der Waals surface area contributed by atoms with Gasteiger partial charge in [0.2, 0.25) is 17.7 Å². The number of likely N-dealkylation sites (tertiary alicyclic amines) is 1. The normalized spacial score (nSPS) is 15.6. The monoisotopic (exact) mass is 297 g/mol. The highest BCUT2D eigenvalue weighted by Gasteiger charge is 2.21. The van der Waals surface area contributed by atoms with Crippen molar-refractivity contribution in [2.24, 2.45) is 0 Å². The number of carbonyl (C=O) groups is 3. The van der Waals surface area contributed by atoms with Crippen molar-refractivity contribution in [1.29, 1.82) is 0 Å². The first-order chi connectivity index (χ1) is 10.1. The number of amides is 3. The largest absolute Gasteiger partial charge is 0.345 e. The molecule has 0 aliphatic carbocycles. The second-order valence-corrected chi connectivity index (χ2v) is 5.44. The molecule has 1 fully saturated rings. The summed E-state index contributed by atoms with van der Waals surface area (Å²) in [5, 5.41) is 5.35. The zero-order chi connectivity index (χ0) is 15.7. The van der Waals surface area contributed by atoms with Gasteiger partial charge in [0, 0.05) is 19.5 Å². The molecule has 1 rings (SSSR count). The number of nitrogens with zero attached hydrogens (tertiary/aromatic N) is 1. The van der Waals surface area contributed by atoms with Gasteiger partial charge in [-0.1, -0.05) is 20.3 Å². The fourth-order valence-electron chi connectivity index (χ4n) is 2.32. The van der Waals surface area contributed by atoms with E-state index in [1.165, 1.54) is 0 Å². The van der Waals surface area contributed by atoms with Crippen molar-refractivity contribution in [2.75, 3.05) is 19.6 Å². The molecule has 6 heteroatoms. The van der Waals surface area contributed by atoms with Crippen LogP contribution in [0.15, 0.2) is 0 Å². The molecule has 6 nitrogen and oxygen atoms in total. The molecule has 0 aromatic rings. The van der Waals surface area contributed by atoms with Gasteiger partial charge in [0.25, 0.3) is 0 Å². The molecule has 0 radical (unpaired) electrons. The molecule has 120 valence electrons. The maximum atomic E-state index is 12.0. The van der Waals surface area contributed by atoms with Gasteiger partial charge in [-0.15, -0.1) is 0 Å². The van der Waals surface area contributed by atoms with Crippen LogP contribution in [0, 0.1) is 0 Å². The van der Waals surface area contributed by atoms with Crippen molar-refractivity contribution in [2.45, 2.75) is 58.4 Å². The highest BCUT2D eigenvalue weighted by Crippen LogP contribution is 2.06. The molecule has 1 atom stereocenters. The summed E-state index contributed by atoms with van der Waals surface area (Å²) in [5.74, 6) is -0.437. The van der Waals surface area contributed by atoms with E-state index in [-0.39, 0.29) is 24.3 Å². The van der Waals surface area contributed by atoms with Gasteiger partial charge in [0.05, 0.1) is 6.54 Å². The number of unbranched alkanes of at least 4 members (excludes halogenated alkanes) is 1. The molecule has 1 heterocycles. The molecule has 0 unspecified atom stereocenters. The standard InChI is InChI=1S/C15H27N3O3/c1-3-5-8-13(19)17-12(4-2)15(21)16-11-14(20)18-9-6-7-10-18/h12H,3-11H2,1-2H3,(H,16,21)(H,17,19)/t12-/m0/s1. The first kappa shape index (κ1) is 17.5. The summed E-state index contributed by atoms with van der Waals surface area (Å²) < 4.78 is 0. The van der Waals surface area contributed by atoms with E-state index in [2.05, 4.69) is 10.6 Å². The Kier molecular flexibility index (Phi) is 7.79. The topological polar surface area (TPSA) is 78.5 Å². The maximum absolute atomic E-state index is 12.0. The lowest BCUT2D eigenvalue weighted by Crippen LogP contribution is -2.49. The quantitative estimate of drug-likeness (QED) is 0.696. The summed E-state index contributed by atoms with van der Waals surface area (Å²) in [5.41, 5.74) is 0. The van der Waals surface area contributed by atoms with Gasteiger partial charge in [0.15, 0.2) is 0 Å². The zero-order valence-corrected chi connectivity index (χ0v) is 13.1. The van der Waals surface area contributed by atoms with E-state index >= 15 is 0 Å². The van der Waals surface area contributed by atoms with Crippen LogP contribution in [0.3, 0.4) is 0 Å². The van der Waals surface area contributed by atoms with Crippen LogP contribution < -0.4 is 10.6 Å². The maximum Gasteiger partial charge on any atom is 0.243 e. The second kappa shape index (κ2) is 9.37. The lowest BCUT2D eigenvalue weighted by molar-refractivity contribution is -0.133. The van der Waals surface area contributed by atoms with Crippen LogP contribution in [-0.4, -0.2) is 48.3 Å². The summed E-state index contributed by atoms with van der Waals surface area (Å²) in [4.78, 5) is 37.3. The zero-order valence-electron chi connectivity index (χ0n) is 13.1. The fourth-order valence-corrected chi connectivity index (χ4v) is 2.32. The minimum Gasteiger partial charge on any atom is -0.345 e. The van der Waals surface area contributed by atoms with E-state index in [0.717, 1.165) is 38.8 Å². The third-order valence-corrected chi connectivity index (χ3v) is 3.69. The molecule has 0 spiro atoms. The summed E-state index contributed by atoms with van der Waals surface area (Å²) in [6.45, 7) is 5.42. The van der Waals surface area contributed by atoms with Crippen LogP contribution in [0.2, 0.25) is 0 Å². The Bertz CT molecular complexity index is 365. The molecule has 0 aromatic heterocycles. The van der Waals surface area contributed by atoms with Gasteiger partial charge < -0.3 is 15.5 Å². The number of nitrogens with one attached hydrogen (secondary N) is 2. The predicted octanol–water partition coefficient (Wildman–Crippen LogP) is 0.810. The molecule has 21 heavy (non-hydrogen) atoms. The molecule has 0 bridgehead atoms. The Labute approximate surface area is 126 Å². The van der Waals surface area contributed by atoms with Gasteiger partial charge in [0.1, 0.15) is 6.04 Å². The van der Waals surface area contributed by atoms with Crippen LogP contribution in [0.25, 0.3) is 0 Å². The summed E-state index contributed by atoms with van der Waals surface area (Å²) in [6.07, 6.45) is 4.78. The Morgan fingerprint density at radius 3 is 2.38 bits per heavy atom. The summed E-state index contributed by atoms with van der Waals surface area (Å²) in [7, 11) is 0. The van der Waals surface area contributed by atoms with Crippen molar-refractivity contribution < 1.29 is 14.4 Å². The molecule has 3 amide bonds. The van der Waals surface area contributed by atoms with E-state index in [4.69, 9.17) is 0 Å². The van der Waals surface area contributed by atoms with Gasteiger partial charge in [-0.3, -0.25) is 14.4 Å². The minimum absolute atomic E-state index is 0.0141. The summed E-state index contributed by atoms with van der Waals surface area (Å²) in [6, 6.07) is -0.555. The molecule has 0 aromatic carbocycles. The second-order valence-electron chi connectivity index (χ2n) is 5.44. The van der Waals surface area contributed by atoms with Crippen molar-refractivity contribution in [3.8, 4) is 0 Å². The fraction of sp³-hybridized carbons (Fsp3) is 0.800. The number of rotatable bonds is 8. The minimum atomic E-state index is -0.555. The Morgan fingerprint density at radius 1 is 1.14 bits per heavy atom. The predicted molar refractivity (Wildman–Crippen MR) is 80.6 cm³/mol. The van der Waals surface area contributed by atoms with Crippen molar-refractivity contribution >= 4 is 17.7 Å². The van der Waals surface area contributed by atoms with Crippen molar-refractivity contribution in [3.05, 3.63) is 0 Å². The number of hydrogen-bond acceptors (Lipinski definition) is 3. The van der Waals surface area contributed by atoms with Gasteiger partial charge >= 0.3 is 0 Å². The molecular formula is C15H27N3O3. The van der Waals surface area contributed by atoms with Crippen LogP contribution in [0.4, 0.5) is 0 Å². The molecular weight excluding hydrogens is 270 g/mol. The van der Waals surface area contributed by atoms with Crippen molar-refractivity contribution in [1.82, 2.24) is 15.5 Å². The van der Waals surface area contributed by atoms with Crippen LogP contribution in [-0.2, 0) is 14.4 Å². The van der Waals surface area contributed by atoms with Gasteiger partial charge in [-0.05, 0) is 25.7 Å². The molecule has 2 N–H and O–H groups in total. The third-order valence-electron chi connectivity index (χ3n) is 3.69. The van der Waals surface area contributed by atoms with E-state index in [9.17, 15) is 14.4 Å². The SMILES string of the molecule is CCCCC(=O)N[C@@H](CC)C(=O)NCC(=O)N1CCCC1. The highest BCUT2D eigenvalue weighted by molar-refractivity contribution is 5.90. The lowest BCUT2D eigenvalue weighted by atomic mass is 10.2. The lowest BCUT2D eigenvalue weighted by Gasteiger charge is -2.19. The highest BCUT2D eigenvalue weighted by atomic mass is 16.2. The van der Waals surface area contributed by atoms with Crippen LogP contribution in [0.1, 0.15) is 52.4 Å². The van der Waals surface area contributed by atoms with Gasteiger partial charge in [-0.2, -0.15) is 0 Å². The Morgan fingerprint density at radius 2 is 1.81 bits per heavy atom. The third kappa shape index (κ3) is 6.14. The van der Waals surface area contributed by atoms with Crippen molar-refractivity contribution in [3.63, 3.8) is 0 Å². The molecule has 1 aliphatic rings. The number of carbonyl (C=O) groups excluding carboxylic acids is 3. The average Bonchev–Trinajstić information content (AvgIpc) is 3.02. The number of hydrogen-bond donors (Lipinski definition) is 2. The van der Waals surface area contributed by atoms with Crippen LogP contribution in [0.5, 0.6) is 0 Å². The average molecular weight is 297 g/mol. The van der Waals surface area contributed by atoms with Gasteiger partial charge in [-0.25, -0.2) is 0 Å².